The first kappa shape index (κ1) is 15.0. The molecule has 24 heavy (non-hydrogen) atoms. The fourth-order valence-electron chi connectivity index (χ4n) is 3.63. The van der Waals surface area contributed by atoms with Gasteiger partial charge in [0.2, 0.25) is 0 Å². The zero-order valence-corrected chi connectivity index (χ0v) is 13.8. The number of hydrogen-bond donors (Lipinski definition) is 1. The van der Waals surface area contributed by atoms with Crippen LogP contribution in [0.2, 0.25) is 0 Å². The van der Waals surface area contributed by atoms with Crippen LogP contribution in [-0.4, -0.2) is 18.3 Å². The smallest absolute Gasteiger partial charge is 0.122 e. The zero-order valence-electron chi connectivity index (χ0n) is 13.8. The van der Waals surface area contributed by atoms with Crippen molar-refractivity contribution in [2.45, 2.75) is 13.3 Å². The molecule has 0 aliphatic heterocycles. The summed E-state index contributed by atoms with van der Waals surface area (Å²) in [5.74, 6) is 0.838. The van der Waals surface area contributed by atoms with Gasteiger partial charge in [-0.25, -0.2) is 0 Å². The average Bonchev–Trinajstić information content (AvgIpc) is 3.00. The highest BCUT2D eigenvalue weighted by molar-refractivity contribution is 5.91. The summed E-state index contributed by atoms with van der Waals surface area (Å²) in [6.45, 7) is 2.43. The van der Waals surface area contributed by atoms with Crippen molar-refractivity contribution >= 4 is 0 Å². The topological polar surface area (TPSA) is 29.5 Å². The molecule has 1 aliphatic rings. The van der Waals surface area contributed by atoms with Crippen molar-refractivity contribution in [1.29, 1.82) is 0 Å². The highest BCUT2D eigenvalue weighted by atomic mass is 16.5. The Kier molecular flexibility index (Phi) is 3.83. The molecule has 0 spiro atoms. The van der Waals surface area contributed by atoms with Crippen molar-refractivity contribution < 1.29 is 9.84 Å². The van der Waals surface area contributed by atoms with E-state index in [-0.39, 0.29) is 6.61 Å². The van der Waals surface area contributed by atoms with Crippen LogP contribution in [0.4, 0.5) is 0 Å². The minimum Gasteiger partial charge on any atom is -0.491 e. The van der Waals surface area contributed by atoms with Gasteiger partial charge < -0.3 is 9.84 Å². The third kappa shape index (κ3) is 2.40. The van der Waals surface area contributed by atoms with Crippen LogP contribution >= 0.6 is 0 Å². The molecule has 3 aromatic rings. The van der Waals surface area contributed by atoms with E-state index in [1.165, 1.54) is 33.4 Å². The lowest BCUT2D eigenvalue weighted by molar-refractivity contribution is 0.200. The lowest BCUT2D eigenvalue weighted by Gasteiger charge is -2.15. The Hall–Kier alpha value is -2.58. The fourth-order valence-corrected chi connectivity index (χ4v) is 3.63. The largest absolute Gasteiger partial charge is 0.491 e. The van der Waals surface area contributed by atoms with Gasteiger partial charge in [0.05, 0.1) is 6.61 Å². The molecule has 0 unspecified atom stereocenters. The first-order chi connectivity index (χ1) is 11.8. The maximum atomic E-state index is 9.02. The standard InChI is InChI=1S/C22H20O2/c1-15-18(9-5-11-21(15)24-13-12-23)20-10-4-7-17-14-16-6-2-3-8-19(16)22(17)20/h2-11,23H,12-14H2,1H3. The van der Waals surface area contributed by atoms with E-state index in [0.717, 1.165) is 17.7 Å². The Morgan fingerprint density at radius 3 is 2.42 bits per heavy atom. The van der Waals surface area contributed by atoms with Crippen molar-refractivity contribution in [1.82, 2.24) is 0 Å². The number of fused-ring (bicyclic) bond motifs is 3. The Balaban J connectivity index is 1.88. The first-order valence-electron chi connectivity index (χ1n) is 8.33. The van der Waals surface area contributed by atoms with Crippen LogP contribution < -0.4 is 4.74 Å². The second kappa shape index (κ2) is 6.14. The summed E-state index contributed by atoms with van der Waals surface area (Å²) >= 11 is 0. The number of rotatable bonds is 4. The summed E-state index contributed by atoms with van der Waals surface area (Å²) in [6.07, 6.45) is 0.999. The number of ether oxygens (including phenoxy) is 1. The van der Waals surface area contributed by atoms with Gasteiger partial charge in [-0.15, -0.1) is 0 Å². The monoisotopic (exact) mass is 316 g/mol. The van der Waals surface area contributed by atoms with E-state index in [9.17, 15) is 0 Å². The molecule has 1 aliphatic carbocycles. The van der Waals surface area contributed by atoms with Crippen molar-refractivity contribution in [3.05, 3.63) is 77.4 Å². The number of aliphatic hydroxyl groups excluding tert-OH is 1. The number of aliphatic hydroxyl groups is 1. The molecule has 3 aromatic carbocycles. The molecule has 0 amide bonds. The van der Waals surface area contributed by atoms with Gasteiger partial charge >= 0.3 is 0 Å². The molecule has 0 atom stereocenters. The summed E-state index contributed by atoms with van der Waals surface area (Å²) in [5, 5.41) is 9.02. The summed E-state index contributed by atoms with van der Waals surface area (Å²) in [5.41, 5.74) is 9.02. The van der Waals surface area contributed by atoms with Crippen molar-refractivity contribution in [3.8, 4) is 28.0 Å². The normalized spacial score (nSPS) is 11.9. The highest BCUT2D eigenvalue weighted by Gasteiger charge is 2.22. The van der Waals surface area contributed by atoms with E-state index in [0.29, 0.717) is 6.61 Å². The third-order valence-corrected chi connectivity index (χ3v) is 4.74. The average molecular weight is 316 g/mol. The molecule has 2 nitrogen and oxygen atoms in total. The second-order valence-corrected chi connectivity index (χ2v) is 6.17. The van der Waals surface area contributed by atoms with Gasteiger partial charge in [-0.2, -0.15) is 0 Å². The van der Waals surface area contributed by atoms with Gasteiger partial charge in [-0.05, 0) is 58.4 Å². The molecule has 0 heterocycles. The molecule has 1 N–H and O–H groups in total. The van der Waals surface area contributed by atoms with Crippen LogP contribution in [-0.2, 0) is 6.42 Å². The Labute approximate surface area is 142 Å². The SMILES string of the molecule is Cc1c(OCCO)cccc1-c1cccc2c1-c1ccccc1C2. The van der Waals surface area contributed by atoms with Gasteiger partial charge in [-0.3, -0.25) is 0 Å². The van der Waals surface area contributed by atoms with Crippen molar-refractivity contribution in [3.63, 3.8) is 0 Å². The summed E-state index contributed by atoms with van der Waals surface area (Å²) in [6, 6.07) is 21.3. The van der Waals surface area contributed by atoms with E-state index < -0.39 is 0 Å². The van der Waals surface area contributed by atoms with Crippen LogP contribution in [0.5, 0.6) is 5.75 Å². The van der Waals surface area contributed by atoms with E-state index in [1.807, 2.05) is 12.1 Å². The summed E-state index contributed by atoms with van der Waals surface area (Å²) in [7, 11) is 0. The summed E-state index contributed by atoms with van der Waals surface area (Å²) in [4.78, 5) is 0. The van der Waals surface area contributed by atoms with Crippen LogP contribution in [0.1, 0.15) is 16.7 Å². The number of benzene rings is 3. The van der Waals surface area contributed by atoms with Gasteiger partial charge in [0.1, 0.15) is 12.4 Å². The quantitative estimate of drug-likeness (QED) is 0.596. The Morgan fingerprint density at radius 2 is 1.54 bits per heavy atom. The third-order valence-electron chi connectivity index (χ3n) is 4.74. The van der Waals surface area contributed by atoms with Gasteiger partial charge in [0.25, 0.3) is 0 Å². The van der Waals surface area contributed by atoms with Gasteiger partial charge in [-0.1, -0.05) is 54.6 Å². The van der Waals surface area contributed by atoms with Gasteiger partial charge in [0, 0.05) is 0 Å². The maximum absolute atomic E-state index is 9.02. The predicted octanol–water partition coefficient (Wildman–Crippen LogP) is 4.60. The van der Waals surface area contributed by atoms with Crippen LogP contribution in [0.3, 0.4) is 0 Å². The van der Waals surface area contributed by atoms with Gasteiger partial charge in [0.15, 0.2) is 0 Å². The van der Waals surface area contributed by atoms with E-state index in [4.69, 9.17) is 9.84 Å². The lowest BCUT2D eigenvalue weighted by Crippen LogP contribution is -2.03. The molecule has 0 saturated heterocycles. The molecule has 4 rings (SSSR count). The van der Waals surface area contributed by atoms with Crippen LogP contribution in [0, 0.1) is 6.92 Å². The number of hydrogen-bond acceptors (Lipinski definition) is 2. The lowest BCUT2D eigenvalue weighted by atomic mass is 9.91. The van der Waals surface area contributed by atoms with Crippen LogP contribution in [0.15, 0.2) is 60.7 Å². The molecule has 0 radical (unpaired) electrons. The predicted molar refractivity (Wildman–Crippen MR) is 97.4 cm³/mol. The Morgan fingerprint density at radius 1 is 0.833 bits per heavy atom. The molecule has 0 aromatic heterocycles. The van der Waals surface area contributed by atoms with Crippen LogP contribution in [0.25, 0.3) is 22.3 Å². The zero-order chi connectivity index (χ0) is 16.5. The molecule has 0 fully saturated rings. The van der Waals surface area contributed by atoms with Crippen molar-refractivity contribution in [2.75, 3.05) is 13.2 Å². The van der Waals surface area contributed by atoms with E-state index in [2.05, 4.69) is 55.5 Å². The first-order valence-corrected chi connectivity index (χ1v) is 8.33. The Bertz CT molecular complexity index is 896. The van der Waals surface area contributed by atoms with Crippen molar-refractivity contribution in [2.24, 2.45) is 0 Å². The molecule has 0 saturated carbocycles. The molecular formula is C22H20O2. The molecular weight excluding hydrogens is 296 g/mol. The molecule has 2 heteroatoms. The molecule has 0 bridgehead atoms. The van der Waals surface area contributed by atoms with E-state index in [1.54, 1.807) is 0 Å². The fraction of sp³-hybridized carbons (Fsp3) is 0.182. The summed E-state index contributed by atoms with van der Waals surface area (Å²) < 4.78 is 5.69. The maximum Gasteiger partial charge on any atom is 0.122 e. The second-order valence-electron chi connectivity index (χ2n) is 6.17. The van der Waals surface area contributed by atoms with E-state index >= 15 is 0 Å². The highest BCUT2D eigenvalue weighted by Crippen LogP contribution is 2.44. The minimum atomic E-state index is 0.0256. The minimum absolute atomic E-state index is 0.0256. The molecule has 120 valence electrons.